The number of carbonyl (C=O) groups is 1. The topological polar surface area (TPSA) is 103 Å². The lowest BCUT2D eigenvalue weighted by molar-refractivity contribution is 0.102. The lowest BCUT2D eigenvalue weighted by Crippen LogP contribution is -2.16. The molecule has 26 heavy (non-hydrogen) atoms. The van der Waals surface area contributed by atoms with Gasteiger partial charge in [0, 0.05) is 18.9 Å². The molecule has 130 valence electrons. The van der Waals surface area contributed by atoms with Gasteiger partial charge in [-0.3, -0.25) is 9.48 Å². The molecule has 0 atom stereocenters. The van der Waals surface area contributed by atoms with Gasteiger partial charge in [0.1, 0.15) is 12.7 Å². The summed E-state index contributed by atoms with van der Waals surface area (Å²) in [4.78, 5) is 25.7. The molecule has 0 aromatic carbocycles. The maximum atomic E-state index is 13.0. The van der Waals surface area contributed by atoms with Crippen LogP contribution in [0.1, 0.15) is 21.7 Å². The summed E-state index contributed by atoms with van der Waals surface area (Å²) in [5, 5.41) is 12.1. The van der Waals surface area contributed by atoms with Crippen LogP contribution in [0.25, 0.3) is 16.9 Å². The second-order valence-corrected chi connectivity index (χ2v) is 5.89. The molecular weight excluding hydrogens is 332 g/mol. The first-order valence-corrected chi connectivity index (χ1v) is 7.97. The van der Waals surface area contributed by atoms with Crippen molar-refractivity contribution in [3.8, 4) is 5.82 Å². The Kier molecular flexibility index (Phi) is 3.68. The first kappa shape index (κ1) is 15.9. The van der Waals surface area contributed by atoms with Crippen LogP contribution in [0.3, 0.4) is 0 Å². The van der Waals surface area contributed by atoms with Crippen LogP contribution in [0, 0.1) is 13.8 Å². The molecule has 0 saturated carbocycles. The van der Waals surface area contributed by atoms with Gasteiger partial charge in [0.15, 0.2) is 11.5 Å². The number of nitrogens with zero attached hydrogens (tertiary/aromatic N) is 7. The molecule has 9 heteroatoms. The minimum atomic E-state index is -0.258. The molecule has 0 fully saturated rings. The Morgan fingerprint density at radius 2 is 2.12 bits per heavy atom. The summed E-state index contributed by atoms with van der Waals surface area (Å²) < 4.78 is 3.18. The lowest BCUT2D eigenvalue weighted by atomic mass is 10.1. The Labute approximate surface area is 148 Å². The maximum Gasteiger partial charge on any atom is 0.256 e. The third-order valence-corrected chi connectivity index (χ3v) is 4.01. The van der Waals surface area contributed by atoms with E-state index in [2.05, 4.69) is 30.5 Å². The van der Waals surface area contributed by atoms with Gasteiger partial charge in [-0.25, -0.2) is 19.6 Å². The maximum absolute atomic E-state index is 13.0. The summed E-state index contributed by atoms with van der Waals surface area (Å²) in [5.74, 6) is 0.231. The van der Waals surface area contributed by atoms with Crippen LogP contribution in [-0.2, 0) is 7.05 Å². The van der Waals surface area contributed by atoms with Gasteiger partial charge in [0.25, 0.3) is 5.91 Å². The molecule has 4 heterocycles. The Bertz CT molecular complexity index is 1110. The number of nitrogens with one attached hydrogen (secondary N) is 1. The number of aryl methyl sites for hydroxylation is 3. The van der Waals surface area contributed by atoms with Crippen LogP contribution < -0.4 is 5.32 Å². The van der Waals surface area contributed by atoms with Crippen molar-refractivity contribution in [2.75, 3.05) is 5.32 Å². The Balaban J connectivity index is 1.78. The summed E-state index contributed by atoms with van der Waals surface area (Å²) in [5.41, 5.74) is 3.23. The van der Waals surface area contributed by atoms with Crippen molar-refractivity contribution in [2.45, 2.75) is 13.8 Å². The molecule has 0 aliphatic heterocycles. The van der Waals surface area contributed by atoms with Gasteiger partial charge in [-0.15, -0.1) is 0 Å². The number of pyridine rings is 2. The number of carbonyl (C=O) groups excluding carboxylic acids is 1. The van der Waals surface area contributed by atoms with Crippen molar-refractivity contribution < 1.29 is 4.79 Å². The van der Waals surface area contributed by atoms with Crippen molar-refractivity contribution in [2.24, 2.45) is 7.05 Å². The predicted octanol–water partition coefficient (Wildman–Crippen LogP) is 1.81. The first-order chi connectivity index (χ1) is 12.5. The highest BCUT2D eigenvalue weighted by atomic mass is 16.1. The fourth-order valence-corrected chi connectivity index (χ4v) is 2.93. The lowest BCUT2D eigenvalue weighted by Gasteiger charge is -2.11. The van der Waals surface area contributed by atoms with Crippen LogP contribution in [0.5, 0.6) is 0 Å². The molecule has 0 radical (unpaired) electrons. The molecule has 0 aliphatic rings. The average molecular weight is 348 g/mol. The summed E-state index contributed by atoms with van der Waals surface area (Å²) in [6.07, 6.45) is 4.57. The molecule has 0 aliphatic carbocycles. The van der Waals surface area contributed by atoms with E-state index in [1.165, 1.54) is 17.3 Å². The molecule has 0 unspecified atom stereocenters. The average Bonchev–Trinajstić information content (AvgIpc) is 3.24. The summed E-state index contributed by atoms with van der Waals surface area (Å²) in [6.45, 7) is 3.71. The molecule has 4 aromatic heterocycles. The molecule has 4 rings (SSSR count). The zero-order valence-corrected chi connectivity index (χ0v) is 14.5. The highest BCUT2D eigenvalue weighted by Gasteiger charge is 2.19. The number of amides is 1. The Morgan fingerprint density at radius 3 is 2.88 bits per heavy atom. The van der Waals surface area contributed by atoms with E-state index in [0.29, 0.717) is 22.7 Å². The molecule has 1 amide bonds. The molecule has 9 nitrogen and oxygen atoms in total. The number of aromatic nitrogens is 7. The Morgan fingerprint density at radius 1 is 1.27 bits per heavy atom. The zero-order valence-electron chi connectivity index (χ0n) is 14.5. The first-order valence-electron chi connectivity index (χ1n) is 7.97. The Hall–Kier alpha value is -3.62. The summed E-state index contributed by atoms with van der Waals surface area (Å²) >= 11 is 0. The van der Waals surface area contributed by atoms with E-state index < -0.39 is 0 Å². The standard InChI is InChI=1S/C17H16N8O/c1-10-7-12(14-11(2)23-24(3)16(14)21-10)17(26)22-13-5-4-6-19-15(13)25-9-18-8-20-25/h4-9H,1-3H3,(H,22,26). The van der Waals surface area contributed by atoms with Gasteiger partial charge in [0.05, 0.1) is 22.3 Å². The monoisotopic (exact) mass is 348 g/mol. The van der Waals surface area contributed by atoms with Crippen molar-refractivity contribution in [1.29, 1.82) is 0 Å². The van der Waals surface area contributed by atoms with Crippen LogP contribution in [-0.4, -0.2) is 40.4 Å². The van der Waals surface area contributed by atoms with Crippen molar-refractivity contribution in [1.82, 2.24) is 34.5 Å². The largest absolute Gasteiger partial charge is 0.319 e. The molecular formula is C17H16N8O. The smallest absolute Gasteiger partial charge is 0.256 e. The number of rotatable bonds is 3. The van der Waals surface area contributed by atoms with E-state index in [9.17, 15) is 4.79 Å². The third kappa shape index (κ3) is 2.59. The van der Waals surface area contributed by atoms with Crippen LogP contribution in [0.15, 0.2) is 37.1 Å². The molecule has 0 saturated heterocycles. The van der Waals surface area contributed by atoms with Gasteiger partial charge >= 0.3 is 0 Å². The fraction of sp³-hybridized carbons (Fsp3) is 0.176. The van der Waals surface area contributed by atoms with Gasteiger partial charge in [-0.1, -0.05) is 0 Å². The number of hydrogen-bond donors (Lipinski definition) is 1. The number of hydrogen-bond acceptors (Lipinski definition) is 6. The summed E-state index contributed by atoms with van der Waals surface area (Å²) in [7, 11) is 1.81. The second kappa shape index (κ2) is 6.03. The fourth-order valence-electron chi connectivity index (χ4n) is 2.93. The minimum Gasteiger partial charge on any atom is -0.319 e. The SMILES string of the molecule is Cc1cc(C(=O)Nc2cccnc2-n2cncn2)c2c(C)nn(C)c2n1. The van der Waals surface area contributed by atoms with E-state index in [4.69, 9.17) is 0 Å². The normalized spacial score (nSPS) is 11.0. The van der Waals surface area contributed by atoms with Crippen LogP contribution in [0.4, 0.5) is 5.69 Å². The van der Waals surface area contributed by atoms with E-state index in [-0.39, 0.29) is 5.91 Å². The van der Waals surface area contributed by atoms with E-state index >= 15 is 0 Å². The van der Waals surface area contributed by atoms with E-state index in [0.717, 1.165) is 16.8 Å². The van der Waals surface area contributed by atoms with E-state index in [1.54, 1.807) is 29.1 Å². The van der Waals surface area contributed by atoms with Crippen molar-refractivity contribution in [3.05, 3.63) is 54.0 Å². The van der Waals surface area contributed by atoms with E-state index in [1.807, 2.05) is 20.9 Å². The van der Waals surface area contributed by atoms with Gasteiger partial charge in [-0.2, -0.15) is 10.2 Å². The molecule has 4 aromatic rings. The highest BCUT2D eigenvalue weighted by Crippen LogP contribution is 2.24. The van der Waals surface area contributed by atoms with Crippen LogP contribution >= 0.6 is 0 Å². The second-order valence-electron chi connectivity index (χ2n) is 5.89. The zero-order chi connectivity index (χ0) is 18.3. The minimum absolute atomic E-state index is 0.258. The molecule has 0 bridgehead atoms. The van der Waals surface area contributed by atoms with Gasteiger partial charge in [-0.05, 0) is 32.0 Å². The van der Waals surface area contributed by atoms with Crippen LogP contribution in [0.2, 0.25) is 0 Å². The number of fused-ring (bicyclic) bond motifs is 1. The quantitative estimate of drug-likeness (QED) is 0.606. The molecule has 1 N–H and O–H groups in total. The highest BCUT2D eigenvalue weighted by molar-refractivity contribution is 6.13. The molecule has 0 spiro atoms. The predicted molar refractivity (Wildman–Crippen MR) is 95.1 cm³/mol. The van der Waals surface area contributed by atoms with Crippen molar-refractivity contribution >= 4 is 22.6 Å². The van der Waals surface area contributed by atoms with Gasteiger partial charge < -0.3 is 5.32 Å². The summed E-state index contributed by atoms with van der Waals surface area (Å²) in [6, 6.07) is 5.28. The third-order valence-electron chi connectivity index (χ3n) is 4.01. The van der Waals surface area contributed by atoms with Gasteiger partial charge in [0.2, 0.25) is 0 Å². The number of anilines is 1. The van der Waals surface area contributed by atoms with Crippen molar-refractivity contribution in [3.63, 3.8) is 0 Å².